The number of fused-ring (bicyclic) bond motifs is 1. The zero-order chi connectivity index (χ0) is 22.9. The molecule has 1 N–H and O–H groups in total. The molecule has 0 radical (unpaired) electrons. The van der Waals surface area contributed by atoms with Crippen LogP contribution in [-0.2, 0) is 15.6 Å². The van der Waals surface area contributed by atoms with E-state index in [1.54, 1.807) is 43.5 Å². The van der Waals surface area contributed by atoms with Crippen molar-refractivity contribution in [2.45, 2.75) is 12.7 Å². The van der Waals surface area contributed by atoms with Crippen molar-refractivity contribution in [1.82, 2.24) is 14.5 Å². The molecule has 0 saturated carbocycles. The Kier molecular flexibility index (Phi) is 5.62. The third kappa shape index (κ3) is 4.92. The molecular formula is C22H19FN4O4S. The number of carbonyl (C=O) groups excluding carboxylic acids is 1. The second-order valence-corrected chi connectivity index (χ2v) is 9.46. The third-order valence-corrected chi connectivity index (χ3v) is 5.44. The molecule has 0 unspecified atom stereocenters. The second kappa shape index (κ2) is 8.39. The maximum absolute atomic E-state index is 13.4. The summed E-state index contributed by atoms with van der Waals surface area (Å²) in [6.07, 6.45) is 3.99. The molecule has 10 heteroatoms. The van der Waals surface area contributed by atoms with Crippen LogP contribution in [0.2, 0.25) is 0 Å². The lowest BCUT2D eigenvalue weighted by molar-refractivity contribution is 0.254. The Labute approximate surface area is 183 Å². The molecule has 0 aliphatic carbocycles. The molecular weight excluding hydrogens is 435 g/mol. The minimum atomic E-state index is -3.23. The number of amides is 1. The summed E-state index contributed by atoms with van der Waals surface area (Å²) in [4.78, 5) is 20.6. The molecule has 4 aromatic rings. The predicted octanol–water partition coefficient (Wildman–Crippen LogP) is 4.30. The molecule has 0 saturated heterocycles. The summed E-state index contributed by atoms with van der Waals surface area (Å²) in [5, 5.41) is 3.49. The molecule has 2 aromatic heterocycles. The van der Waals surface area contributed by atoms with Gasteiger partial charge < -0.3 is 10.1 Å². The second-order valence-electron chi connectivity index (χ2n) is 7.32. The number of halogens is 1. The normalized spacial score (nSPS) is 11.5. The van der Waals surface area contributed by atoms with Crippen molar-refractivity contribution in [3.8, 4) is 11.6 Å². The van der Waals surface area contributed by atoms with Crippen LogP contribution in [0, 0.1) is 12.7 Å². The van der Waals surface area contributed by atoms with E-state index in [0.717, 1.165) is 11.6 Å². The minimum absolute atomic E-state index is 0.210. The van der Waals surface area contributed by atoms with E-state index in [1.165, 1.54) is 29.1 Å². The van der Waals surface area contributed by atoms with Gasteiger partial charge in [-0.05, 0) is 55.0 Å². The first kappa shape index (κ1) is 21.4. The first-order valence-electron chi connectivity index (χ1n) is 9.53. The highest BCUT2D eigenvalue weighted by Crippen LogP contribution is 2.26. The average molecular weight is 454 g/mol. The monoisotopic (exact) mass is 454 g/mol. The van der Waals surface area contributed by atoms with Crippen molar-refractivity contribution >= 4 is 32.5 Å². The number of aryl methyl sites for hydroxylation is 1. The van der Waals surface area contributed by atoms with Crippen molar-refractivity contribution < 1.29 is 22.3 Å². The number of hydrogen-bond acceptors (Lipinski definition) is 6. The van der Waals surface area contributed by atoms with E-state index in [0.29, 0.717) is 28.2 Å². The Morgan fingerprint density at radius 3 is 2.69 bits per heavy atom. The maximum atomic E-state index is 13.4. The molecule has 1 amide bonds. The van der Waals surface area contributed by atoms with Crippen LogP contribution in [0.15, 0.2) is 61.1 Å². The van der Waals surface area contributed by atoms with Gasteiger partial charge in [0.25, 0.3) is 0 Å². The van der Waals surface area contributed by atoms with Crippen LogP contribution >= 0.6 is 0 Å². The van der Waals surface area contributed by atoms with E-state index in [9.17, 15) is 17.6 Å². The van der Waals surface area contributed by atoms with E-state index in [1.807, 2.05) is 0 Å². The minimum Gasteiger partial charge on any atom is -0.439 e. The van der Waals surface area contributed by atoms with Crippen molar-refractivity contribution in [1.29, 1.82) is 0 Å². The number of nitrogens with zero attached hydrogens (tertiary/aromatic N) is 3. The first-order chi connectivity index (χ1) is 15.2. The van der Waals surface area contributed by atoms with Gasteiger partial charge in [-0.15, -0.1) is 0 Å². The number of sulfone groups is 1. The van der Waals surface area contributed by atoms with Crippen molar-refractivity contribution in [3.05, 3.63) is 78.1 Å². The van der Waals surface area contributed by atoms with E-state index in [-0.39, 0.29) is 23.5 Å². The predicted molar refractivity (Wildman–Crippen MR) is 118 cm³/mol. The van der Waals surface area contributed by atoms with Crippen LogP contribution < -0.4 is 10.1 Å². The zero-order valence-corrected chi connectivity index (χ0v) is 18.1. The third-order valence-electron chi connectivity index (χ3n) is 4.62. The van der Waals surface area contributed by atoms with Crippen LogP contribution in [0.5, 0.6) is 11.6 Å². The first-order valence-corrected chi connectivity index (χ1v) is 11.6. The van der Waals surface area contributed by atoms with Gasteiger partial charge in [-0.2, -0.15) is 0 Å². The molecule has 2 aromatic carbocycles. The van der Waals surface area contributed by atoms with Gasteiger partial charge >= 0.3 is 6.03 Å². The molecule has 0 aliphatic rings. The fourth-order valence-corrected chi connectivity index (χ4v) is 3.86. The highest BCUT2D eigenvalue weighted by Gasteiger charge is 2.12. The molecule has 0 bridgehead atoms. The van der Waals surface area contributed by atoms with Crippen molar-refractivity contribution in [2.24, 2.45) is 0 Å². The van der Waals surface area contributed by atoms with Crippen LogP contribution in [0.3, 0.4) is 0 Å². The van der Waals surface area contributed by atoms with Gasteiger partial charge in [0, 0.05) is 29.6 Å². The Morgan fingerprint density at radius 2 is 1.94 bits per heavy atom. The fraction of sp³-hybridized carbons (Fsp3) is 0.136. The lowest BCUT2D eigenvalue weighted by atomic mass is 10.2. The summed E-state index contributed by atoms with van der Waals surface area (Å²) in [5.41, 5.74) is 1.90. The lowest BCUT2D eigenvalue weighted by Crippen LogP contribution is -2.18. The van der Waals surface area contributed by atoms with Gasteiger partial charge in [-0.3, -0.25) is 4.57 Å². The lowest BCUT2D eigenvalue weighted by Gasteiger charge is -2.09. The number of rotatable bonds is 5. The summed E-state index contributed by atoms with van der Waals surface area (Å²) >= 11 is 0. The van der Waals surface area contributed by atoms with Crippen LogP contribution in [-0.4, -0.2) is 35.2 Å². The number of hydrogen-bond donors (Lipinski definition) is 1. The summed E-state index contributed by atoms with van der Waals surface area (Å²) < 4.78 is 43.6. The maximum Gasteiger partial charge on any atom is 0.330 e. The van der Waals surface area contributed by atoms with Crippen LogP contribution in [0.4, 0.5) is 14.9 Å². The molecule has 2 heterocycles. The van der Waals surface area contributed by atoms with E-state index >= 15 is 0 Å². The van der Waals surface area contributed by atoms with Crippen LogP contribution in [0.25, 0.3) is 10.9 Å². The van der Waals surface area contributed by atoms with Gasteiger partial charge in [0.15, 0.2) is 9.84 Å². The van der Waals surface area contributed by atoms with Gasteiger partial charge in [0.1, 0.15) is 17.9 Å². The SMILES string of the molecule is Cc1cc(NC(=O)n2ccc3cc(Oc4cc(CS(C)(=O)=O)ncn4)ccc32)ccc1F. The summed E-state index contributed by atoms with van der Waals surface area (Å²) in [5.74, 6) is 0.126. The Bertz CT molecular complexity index is 1430. The number of nitrogens with one attached hydrogen (secondary N) is 1. The molecule has 0 aliphatic heterocycles. The van der Waals surface area contributed by atoms with E-state index in [2.05, 4.69) is 15.3 Å². The molecule has 164 valence electrons. The number of anilines is 1. The number of ether oxygens (including phenoxy) is 1. The summed E-state index contributed by atoms with van der Waals surface area (Å²) in [7, 11) is -3.23. The van der Waals surface area contributed by atoms with E-state index in [4.69, 9.17) is 4.74 Å². The van der Waals surface area contributed by atoms with Crippen molar-refractivity contribution in [2.75, 3.05) is 11.6 Å². The van der Waals surface area contributed by atoms with Gasteiger partial charge in [0.05, 0.1) is 17.0 Å². The standard InChI is InChI=1S/C22H19FN4O4S/c1-14-9-16(3-5-19(14)23)26-22(28)27-8-7-15-10-18(4-6-20(15)27)31-21-11-17(24-13-25-21)12-32(2,29)30/h3-11,13H,12H2,1-2H3,(H,26,28). The van der Waals surface area contributed by atoms with Crippen molar-refractivity contribution in [3.63, 3.8) is 0 Å². The summed E-state index contributed by atoms with van der Waals surface area (Å²) in [6.45, 7) is 1.62. The molecule has 0 spiro atoms. The molecule has 32 heavy (non-hydrogen) atoms. The quantitative estimate of drug-likeness (QED) is 0.482. The Balaban J connectivity index is 1.53. The fourth-order valence-electron chi connectivity index (χ4n) is 3.17. The Morgan fingerprint density at radius 1 is 1.12 bits per heavy atom. The smallest absolute Gasteiger partial charge is 0.330 e. The highest BCUT2D eigenvalue weighted by atomic mass is 32.2. The highest BCUT2D eigenvalue weighted by molar-refractivity contribution is 7.89. The molecule has 8 nitrogen and oxygen atoms in total. The topological polar surface area (TPSA) is 103 Å². The van der Waals surface area contributed by atoms with Gasteiger partial charge in [0.2, 0.25) is 5.88 Å². The molecule has 0 atom stereocenters. The van der Waals surface area contributed by atoms with E-state index < -0.39 is 9.84 Å². The number of benzene rings is 2. The zero-order valence-electron chi connectivity index (χ0n) is 17.2. The molecule has 4 rings (SSSR count). The van der Waals surface area contributed by atoms with Crippen LogP contribution in [0.1, 0.15) is 11.3 Å². The average Bonchev–Trinajstić information content (AvgIpc) is 3.13. The largest absolute Gasteiger partial charge is 0.439 e. The number of aromatic nitrogens is 3. The van der Waals surface area contributed by atoms with Gasteiger partial charge in [-0.25, -0.2) is 27.6 Å². The van der Waals surface area contributed by atoms with Gasteiger partial charge in [-0.1, -0.05) is 0 Å². The number of carbonyl (C=O) groups is 1. The summed E-state index contributed by atoms with van der Waals surface area (Å²) in [6, 6.07) is 12.3. The Hall–Kier alpha value is -3.79. The molecule has 0 fully saturated rings.